The fourth-order valence-electron chi connectivity index (χ4n) is 4.00. The zero-order valence-electron chi connectivity index (χ0n) is 13.7. The van der Waals surface area contributed by atoms with Crippen molar-refractivity contribution < 1.29 is 18.0 Å². The lowest BCUT2D eigenvalue weighted by Crippen LogP contribution is -2.44. The van der Waals surface area contributed by atoms with Gasteiger partial charge in [0, 0.05) is 11.7 Å². The highest BCUT2D eigenvalue weighted by Crippen LogP contribution is 2.44. The third kappa shape index (κ3) is 2.92. The lowest BCUT2D eigenvalue weighted by molar-refractivity contribution is -0.137. The monoisotopic (exact) mass is 380 g/mol. The summed E-state index contributed by atoms with van der Waals surface area (Å²) in [4.78, 5) is 14.6. The van der Waals surface area contributed by atoms with Crippen LogP contribution in [0, 0.1) is 0 Å². The van der Waals surface area contributed by atoms with Crippen molar-refractivity contribution in [1.82, 2.24) is 4.90 Å². The van der Waals surface area contributed by atoms with E-state index in [0.717, 1.165) is 37.0 Å². The molecule has 4 rings (SSSR count). The predicted octanol–water partition coefficient (Wildman–Crippen LogP) is 5.65. The normalized spacial score (nSPS) is 21.5. The van der Waals surface area contributed by atoms with E-state index in [4.69, 9.17) is 11.6 Å². The van der Waals surface area contributed by atoms with E-state index in [0.29, 0.717) is 0 Å². The van der Waals surface area contributed by atoms with Crippen molar-refractivity contribution in [1.29, 1.82) is 0 Å². The number of urea groups is 1. The maximum atomic E-state index is 13.0. The van der Waals surface area contributed by atoms with Crippen LogP contribution in [0.2, 0.25) is 5.02 Å². The Balaban J connectivity index is 1.59. The van der Waals surface area contributed by atoms with Gasteiger partial charge in [0.2, 0.25) is 0 Å². The summed E-state index contributed by atoms with van der Waals surface area (Å²) in [5, 5.41) is 2.22. The minimum Gasteiger partial charge on any atom is -0.314 e. The zero-order valence-corrected chi connectivity index (χ0v) is 14.4. The number of rotatable bonds is 1. The van der Waals surface area contributed by atoms with Crippen LogP contribution in [-0.2, 0) is 12.6 Å². The van der Waals surface area contributed by atoms with Crippen LogP contribution in [0.4, 0.5) is 23.7 Å². The largest absolute Gasteiger partial charge is 0.417 e. The van der Waals surface area contributed by atoms with Crippen molar-refractivity contribution >= 4 is 23.3 Å². The van der Waals surface area contributed by atoms with Gasteiger partial charge >= 0.3 is 12.2 Å². The van der Waals surface area contributed by atoms with Gasteiger partial charge in [-0.05, 0) is 48.6 Å². The molecule has 0 unspecified atom stereocenters. The van der Waals surface area contributed by atoms with E-state index in [-0.39, 0.29) is 28.8 Å². The summed E-state index contributed by atoms with van der Waals surface area (Å²) in [6, 6.07) is 11.1. The first-order valence-electron chi connectivity index (χ1n) is 8.38. The van der Waals surface area contributed by atoms with Crippen molar-refractivity contribution in [3.63, 3.8) is 0 Å². The summed E-state index contributed by atoms with van der Waals surface area (Å²) < 4.78 is 39.0. The number of hydrogen-bond acceptors (Lipinski definition) is 1. The molecule has 0 spiro atoms. The van der Waals surface area contributed by atoms with E-state index in [1.165, 1.54) is 11.6 Å². The van der Waals surface area contributed by atoms with Crippen LogP contribution >= 0.6 is 11.6 Å². The van der Waals surface area contributed by atoms with Gasteiger partial charge in [-0.2, -0.15) is 13.2 Å². The lowest BCUT2D eigenvalue weighted by atomic mass is 9.93. The maximum Gasteiger partial charge on any atom is 0.417 e. The summed E-state index contributed by atoms with van der Waals surface area (Å²) in [6.07, 6.45) is -2.04. The third-order valence-corrected chi connectivity index (χ3v) is 5.46. The molecular weight excluding hydrogens is 365 g/mol. The Morgan fingerprint density at radius 3 is 2.69 bits per heavy atom. The second kappa shape index (κ2) is 6.20. The topological polar surface area (TPSA) is 32.3 Å². The molecule has 2 atom stereocenters. The molecule has 2 aromatic carbocycles. The molecule has 0 aromatic heterocycles. The molecule has 1 N–H and O–H groups in total. The van der Waals surface area contributed by atoms with Gasteiger partial charge in [-0.1, -0.05) is 35.9 Å². The number of carbonyl (C=O) groups is 1. The van der Waals surface area contributed by atoms with Gasteiger partial charge in [-0.3, -0.25) is 0 Å². The summed E-state index contributed by atoms with van der Waals surface area (Å²) in [7, 11) is 0. The number of nitrogens with one attached hydrogen (secondary N) is 1. The van der Waals surface area contributed by atoms with Gasteiger partial charge in [0.05, 0.1) is 16.6 Å². The Morgan fingerprint density at radius 1 is 1.15 bits per heavy atom. The van der Waals surface area contributed by atoms with Crippen LogP contribution in [0.3, 0.4) is 0 Å². The smallest absolute Gasteiger partial charge is 0.314 e. The molecule has 26 heavy (non-hydrogen) atoms. The first-order valence-corrected chi connectivity index (χ1v) is 8.76. The first kappa shape index (κ1) is 17.2. The van der Waals surface area contributed by atoms with E-state index in [1.54, 1.807) is 4.90 Å². The first-order chi connectivity index (χ1) is 12.3. The Hall–Kier alpha value is -2.21. The van der Waals surface area contributed by atoms with Gasteiger partial charge in [-0.25, -0.2) is 4.79 Å². The predicted molar refractivity (Wildman–Crippen MR) is 93.2 cm³/mol. The van der Waals surface area contributed by atoms with Crippen molar-refractivity contribution in [2.45, 2.75) is 37.5 Å². The van der Waals surface area contributed by atoms with Crippen LogP contribution in [0.5, 0.6) is 0 Å². The molecule has 7 heteroatoms. The number of anilines is 1. The fourth-order valence-corrected chi connectivity index (χ4v) is 4.23. The molecule has 2 aliphatic heterocycles. The van der Waals surface area contributed by atoms with E-state index in [1.807, 2.05) is 18.2 Å². The highest BCUT2D eigenvalue weighted by molar-refractivity contribution is 6.31. The summed E-state index contributed by atoms with van der Waals surface area (Å²) in [5.41, 5.74) is 1.51. The zero-order chi connectivity index (χ0) is 18.5. The molecule has 2 heterocycles. The molecule has 3 nitrogen and oxygen atoms in total. The molecule has 1 fully saturated rings. The average Bonchev–Trinajstić information content (AvgIpc) is 2.91. The van der Waals surface area contributed by atoms with Gasteiger partial charge in [0.15, 0.2) is 0 Å². The van der Waals surface area contributed by atoms with Crippen molar-refractivity contribution in [2.75, 3.05) is 5.32 Å². The van der Waals surface area contributed by atoms with Crippen molar-refractivity contribution in [3.05, 3.63) is 64.2 Å². The quantitative estimate of drug-likeness (QED) is 0.681. The number of fused-ring (bicyclic) bond motifs is 4. The number of nitrogens with zero attached hydrogens (tertiary/aromatic N) is 1. The van der Waals surface area contributed by atoms with Crippen molar-refractivity contribution in [2.24, 2.45) is 0 Å². The number of halogens is 4. The summed E-state index contributed by atoms with van der Waals surface area (Å²) in [6.45, 7) is 0. The number of alkyl halides is 3. The molecule has 2 amide bonds. The fraction of sp³-hybridized carbons (Fsp3) is 0.316. The summed E-state index contributed by atoms with van der Waals surface area (Å²) >= 11 is 5.64. The maximum absolute atomic E-state index is 13.0. The van der Waals surface area contributed by atoms with Gasteiger partial charge in [0.25, 0.3) is 0 Å². The highest BCUT2D eigenvalue weighted by atomic mass is 35.5. The van der Waals surface area contributed by atoms with Gasteiger partial charge in [0.1, 0.15) is 0 Å². The van der Waals surface area contributed by atoms with Crippen molar-refractivity contribution in [3.8, 4) is 0 Å². The molecule has 2 aromatic rings. The minimum absolute atomic E-state index is 0.0284. The Morgan fingerprint density at radius 2 is 1.92 bits per heavy atom. The molecule has 0 aliphatic carbocycles. The number of hydrogen-bond donors (Lipinski definition) is 1. The Labute approximate surface area is 153 Å². The SMILES string of the molecule is O=C(Nc1ccc(Cl)c(C(F)(F)F)c1)N1[C@@H]2CC[C@H]1c1ccccc1C2. The molecule has 2 bridgehead atoms. The van der Waals surface area contributed by atoms with E-state index in [2.05, 4.69) is 11.4 Å². The Kier molecular flexibility index (Phi) is 4.10. The molecule has 2 aliphatic rings. The van der Waals surface area contributed by atoms with E-state index in [9.17, 15) is 18.0 Å². The summed E-state index contributed by atoms with van der Waals surface area (Å²) in [5.74, 6) is 0. The van der Waals surface area contributed by atoms with Crippen LogP contribution in [0.1, 0.15) is 35.6 Å². The highest BCUT2D eigenvalue weighted by Gasteiger charge is 2.42. The minimum atomic E-state index is -4.57. The van der Waals surface area contributed by atoms with Crippen LogP contribution in [-0.4, -0.2) is 17.0 Å². The number of amides is 2. The lowest BCUT2D eigenvalue weighted by Gasteiger charge is -2.36. The Bertz CT molecular complexity index is 868. The molecule has 0 saturated carbocycles. The van der Waals surface area contributed by atoms with E-state index >= 15 is 0 Å². The third-order valence-electron chi connectivity index (χ3n) is 5.13. The van der Waals surface area contributed by atoms with Crippen LogP contribution in [0.25, 0.3) is 0 Å². The number of benzene rings is 2. The standard InChI is InChI=1S/C19H16ClF3N2O/c20-16-7-5-12(10-15(16)19(21,22)23)24-18(26)25-13-6-8-17(25)14-4-2-1-3-11(14)9-13/h1-5,7,10,13,17H,6,8-9H2,(H,24,26)/t13-,17+/m1/s1. The van der Waals surface area contributed by atoms with Gasteiger partial charge < -0.3 is 10.2 Å². The van der Waals surface area contributed by atoms with E-state index < -0.39 is 11.7 Å². The van der Waals surface area contributed by atoms with Crippen LogP contribution < -0.4 is 5.32 Å². The molecule has 136 valence electrons. The molecular formula is C19H16ClF3N2O. The molecule has 0 radical (unpaired) electrons. The second-order valence-electron chi connectivity index (χ2n) is 6.68. The molecule has 1 saturated heterocycles. The average molecular weight is 381 g/mol. The second-order valence-corrected chi connectivity index (χ2v) is 7.09. The van der Waals surface area contributed by atoms with Gasteiger partial charge in [-0.15, -0.1) is 0 Å². The van der Waals surface area contributed by atoms with Crippen LogP contribution in [0.15, 0.2) is 42.5 Å². The number of carbonyl (C=O) groups excluding carboxylic acids is 1.